The van der Waals surface area contributed by atoms with Crippen molar-refractivity contribution in [1.29, 1.82) is 0 Å². The fraction of sp³-hybridized carbons (Fsp3) is 0.529. The number of rotatable bonds is 3. The molecule has 3 saturated carbocycles. The molecule has 0 unspecified atom stereocenters. The standard InChI is InChI=1S/C17H20N2O/c18-19-12-16(20)17-9-6-14(7-10-17)15(8-11-17)13-4-2-1-3-5-13/h1-5,12,14-15H,6-11H2/t14?,15-,17?/m1/s1. The van der Waals surface area contributed by atoms with E-state index in [0.29, 0.717) is 11.8 Å². The summed E-state index contributed by atoms with van der Waals surface area (Å²) in [5, 5.41) is 0. The van der Waals surface area contributed by atoms with Crippen LogP contribution in [0.4, 0.5) is 0 Å². The van der Waals surface area contributed by atoms with Crippen molar-refractivity contribution >= 4 is 12.0 Å². The van der Waals surface area contributed by atoms with E-state index in [0.717, 1.165) is 44.7 Å². The van der Waals surface area contributed by atoms with Gasteiger partial charge in [-0.25, -0.2) is 0 Å². The molecule has 0 amide bonds. The first-order chi connectivity index (χ1) is 9.75. The molecule has 3 fully saturated rings. The van der Waals surface area contributed by atoms with Crippen LogP contribution in [0.3, 0.4) is 0 Å². The van der Waals surface area contributed by atoms with Crippen LogP contribution in [-0.4, -0.2) is 16.8 Å². The van der Waals surface area contributed by atoms with E-state index in [1.54, 1.807) is 0 Å². The van der Waals surface area contributed by atoms with E-state index in [-0.39, 0.29) is 11.2 Å². The zero-order chi connectivity index (χ0) is 14.0. The van der Waals surface area contributed by atoms with Crippen LogP contribution in [0.1, 0.15) is 50.0 Å². The summed E-state index contributed by atoms with van der Waals surface area (Å²) < 4.78 is 0. The molecule has 3 aliphatic carbocycles. The Hall–Kier alpha value is -1.73. The van der Waals surface area contributed by atoms with Gasteiger partial charge < -0.3 is 5.53 Å². The maximum atomic E-state index is 12.3. The normalized spacial score (nSPS) is 32.2. The number of Topliss-reactive ketones (excluding diaryl/α,β-unsaturated/α-hetero) is 1. The summed E-state index contributed by atoms with van der Waals surface area (Å²) >= 11 is 0. The molecule has 2 bridgehead atoms. The monoisotopic (exact) mass is 268 g/mol. The second kappa shape index (κ2) is 5.34. The first kappa shape index (κ1) is 13.3. The van der Waals surface area contributed by atoms with Crippen molar-refractivity contribution in [2.45, 2.75) is 44.4 Å². The van der Waals surface area contributed by atoms with E-state index in [1.165, 1.54) is 5.56 Å². The number of carbonyl (C=O) groups is 1. The molecule has 0 saturated heterocycles. The summed E-state index contributed by atoms with van der Waals surface area (Å²) in [6.45, 7) is 0. The molecule has 3 heteroatoms. The molecular weight excluding hydrogens is 248 g/mol. The van der Waals surface area contributed by atoms with Gasteiger partial charge in [0, 0.05) is 5.41 Å². The number of fused-ring (bicyclic) bond motifs is 4. The fourth-order valence-electron chi connectivity index (χ4n) is 4.21. The van der Waals surface area contributed by atoms with Crippen molar-refractivity contribution in [3.8, 4) is 0 Å². The van der Waals surface area contributed by atoms with Gasteiger partial charge in [0.25, 0.3) is 0 Å². The van der Waals surface area contributed by atoms with Gasteiger partial charge in [-0.05, 0) is 55.9 Å². The fourth-order valence-corrected chi connectivity index (χ4v) is 4.21. The summed E-state index contributed by atoms with van der Waals surface area (Å²) in [5.74, 6) is 1.30. The lowest BCUT2D eigenvalue weighted by Gasteiger charge is -2.34. The van der Waals surface area contributed by atoms with Gasteiger partial charge in [0.15, 0.2) is 0 Å². The van der Waals surface area contributed by atoms with E-state index in [4.69, 9.17) is 5.53 Å². The van der Waals surface area contributed by atoms with Crippen molar-refractivity contribution in [2.75, 3.05) is 0 Å². The average molecular weight is 268 g/mol. The number of nitrogens with zero attached hydrogens (tertiary/aromatic N) is 2. The van der Waals surface area contributed by atoms with E-state index in [9.17, 15) is 4.79 Å². The Balaban J connectivity index is 1.86. The Morgan fingerprint density at radius 2 is 1.80 bits per heavy atom. The minimum atomic E-state index is -0.258. The minimum absolute atomic E-state index is 0.0205. The van der Waals surface area contributed by atoms with Crippen LogP contribution in [0, 0.1) is 11.3 Å². The Labute approximate surface area is 119 Å². The Morgan fingerprint density at radius 3 is 2.45 bits per heavy atom. The molecule has 1 aromatic rings. The molecule has 1 atom stereocenters. The van der Waals surface area contributed by atoms with E-state index < -0.39 is 0 Å². The van der Waals surface area contributed by atoms with Crippen molar-refractivity contribution in [3.05, 3.63) is 41.4 Å². The van der Waals surface area contributed by atoms with Gasteiger partial charge in [0.05, 0.1) is 0 Å². The van der Waals surface area contributed by atoms with Crippen LogP contribution >= 0.6 is 0 Å². The number of carbonyl (C=O) groups excluding carboxylic acids is 1. The molecule has 0 aromatic heterocycles. The second-order valence-corrected chi connectivity index (χ2v) is 6.28. The van der Waals surface area contributed by atoms with Crippen LogP contribution in [0.25, 0.3) is 5.53 Å². The SMILES string of the molecule is [N-]=[N+]=CC(=O)C12CCC(CC1)[C@@H](c1ccccc1)CC2. The Kier molecular flexibility index (Phi) is 3.54. The van der Waals surface area contributed by atoms with Gasteiger partial charge in [-0.3, -0.25) is 4.79 Å². The zero-order valence-corrected chi connectivity index (χ0v) is 11.7. The molecule has 1 aromatic carbocycles. The lowest BCUT2D eigenvalue weighted by atomic mass is 9.68. The Bertz CT molecular complexity index is 537. The lowest BCUT2D eigenvalue weighted by Crippen LogP contribution is -2.34. The highest BCUT2D eigenvalue weighted by atomic mass is 16.1. The third-order valence-corrected chi connectivity index (χ3v) is 5.42. The largest absolute Gasteiger partial charge is 0.361 e. The Morgan fingerprint density at radius 1 is 1.15 bits per heavy atom. The zero-order valence-electron chi connectivity index (χ0n) is 11.7. The molecule has 0 heterocycles. The van der Waals surface area contributed by atoms with Crippen LogP contribution in [0.15, 0.2) is 30.3 Å². The van der Waals surface area contributed by atoms with Crippen molar-refractivity contribution in [1.82, 2.24) is 0 Å². The number of benzene rings is 1. The summed E-state index contributed by atoms with van der Waals surface area (Å²) in [4.78, 5) is 15.2. The van der Waals surface area contributed by atoms with Gasteiger partial charge >= 0.3 is 6.21 Å². The smallest absolute Gasteiger partial charge is 0.323 e. The van der Waals surface area contributed by atoms with Gasteiger partial charge in [0.1, 0.15) is 0 Å². The average Bonchev–Trinajstić information content (AvgIpc) is 2.80. The van der Waals surface area contributed by atoms with E-state index in [1.807, 2.05) is 0 Å². The summed E-state index contributed by atoms with van der Waals surface area (Å²) in [5.41, 5.74) is 9.80. The van der Waals surface area contributed by atoms with Gasteiger partial charge in [-0.2, -0.15) is 4.79 Å². The summed E-state index contributed by atoms with van der Waals surface area (Å²) in [6, 6.07) is 10.7. The highest BCUT2D eigenvalue weighted by molar-refractivity contribution is 6.27. The molecule has 20 heavy (non-hydrogen) atoms. The summed E-state index contributed by atoms with van der Waals surface area (Å²) in [6.07, 6.45) is 7.24. The first-order valence-corrected chi connectivity index (χ1v) is 7.52. The maximum absolute atomic E-state index is 12.3. The third-order valence-electron chi connectivity index (χ3n) is 5.42. The van der Waals surface area contributed by atoms with Gasteiger partial charge in [-0.1, -0.05) is 30.3 Å². The number of ketones is 1. The molecule has 3 aliphatic rings. The van der Waals surface area contributed by atoms with Crippen molar-refractivity contribution < 1.29 is 9.58 Å². The maximum Gasteiger partial charge on any atom is 0.323 e. The molecule has 0 aliphatic heterocycles. The van der Waals surface area contributed by atoms with Crippen LogP contribution < -0.4 is 0 Å². The number of hydrogen-bond donors (Lipinski definition) is 0. The molecule has 0 N–H and O–H groups in total. The number of hydrogen-bond acceptors (Lipinski definition) is 1. The molecule has 104 valence electrons. The lowest BCUT2D eigenvalue weighted by molar-refractivity contribution is -0.127. The van der Waals surface area contributed by atoms with E-state index >= 15 is 0 Å². The van der Waals surface area contributed by atoms with Gasteiger partial charge in [0.2, 0.25) is 5.78 Å². The molecule has 3 nitrogen and oxygen atoms in total. The highest BCUT2D eigenvalue weighted by Gasteiger charge is 2.47. The molecular formula is C17H20N2O. The third kappa shape index (κ3) is 2.23. The summed E-state index contributed by atoms with van der Waals surface area (Å²) in [7, 11) is 0. The first-order valence-electron chi connectivity index (χ1n) is 7.52. The van der Waals surface area contributed by atoms with Crippen LogP contribution in [0.5, 0.6) is 0 Å². The second-order valence-electron chi connectivity index (χ2n) is 6.28. The molecule has 0 spiro atoms. The van der Waals surface area contributed by atoms with Crippen molar-refractivity contribution in [3.63, 3.8) is 0 Å². The van der Waals surface area contributed by atoms with Crippen molar-refractivity contribution in [2.24, 2.45) is 11.3 Å². The molecule has 0 radical (unpaired) electrons. The molecule has 4 rings (SSSR count). The van der Waals surface area contributed by atoms with Crippen LogP contribution in [0.2, 0.25) is 0 Å². The topological polar surface area (TPSA) is 53.5 Å². The predicted molar refractivity (Wildman–Crippen MR) is 77.5 cm³/mol. The quantitative estimate of drug-likeness (QED) is 0.469. The van der Waals surface area contributed by atoms with Crippen LogP contribution in [-0.2, 0) is 4.79 Å². The van der Waals surface area contributed by atoms with E-state index in [2.05, 4.69) is 35.1 Å². The predicted octanol–water partition coefficient (Wildman–Crippen LogP) is 3.61. The van der Waals surface area contributed by atoms with Gasteiger partial charge in [-0.15, -0.1) is 0 Å². The minimum Gasteiger partial charge on any atom is -0.361 e. The highest BCUT2D eigenvalue weighted by Crippen LogP contribution is 2.53.